The topological polar surface area (TPSA) is 87.5 Å². The molecule has 2 aliphatic rings. The first kappa shape index (κ1) is 16.2. The molecule has 1 aromatic heterocycles. The van der Waals surface area contributed by atoms with E-state index in [-0.39, 0.29) is 16.6 Å². The highest BCUT2D eigenvalue weighted by Gasteiger charge is 2.34. The van der Waals surface area contributed by atoms with Crippen LogP contribution in [0.5, 0.6) is 5.88 Å². The van der Waals surface area contributed by atoms with Crippen molar-refractivity contribution >= 4 is 22.8 Å². The predicted octanol–water partition coefficient (Wildman–Crippen LogP) is 1.18. The highest BCUT2D eigenvalue weighted by molar-refractivity contribution is 7.91. The molecule has 3 heterocycles. The fraction of sp³-hybridized carbons (Fsp3) is 0.353. The van der Waals surface area contributed by atoms with Gasteiger partial charge in [-0.25, -0.2) is 9.36 Å². The van der Waals surface area contributed by atoms with Crippen molar-refractivity contribution in [3.8, 4) is 5.88 Å². The molecule has 0 amide bonds. The predicted molar refractivity (Wildman–Crippen MR) is 92.6 cm³/mol. The van der Waals surface area contributed by atoms with Gasteiger partial charge in [-0.05, 0) is 25.0 Å². The first-order valence-corrected chi connectivity index (χ1v) is 9.52. The average molecular weight is 359 g/mol. The fourth-order valence-corrected chi connectivity index (χ4v) is 4.28. The van der Waals surface area contributed by atoms with Gasteiger partial charge in [-0.3, -0.25) is 4.79 Å². The quantitative estimate of drug-likeness (QED) is 0.465. The zero-order valence-electron chi connectivity index (χ0n) is 13.5. The number of aromatic nitrogens is 2. The van der Waals surface area contributed by atoms with Crippen molar-refractivity contribution in [2.75, 3.05) is 23.7 Å². The summed E-state index contributed by atoms with van der Waals surface area (Å²) in [6, 6.07) is 8.54. The van der Waals surface area contributed by atoms with E-state index in [1.807, 2.05) is 4.90 Å². The number of carbonyl (C=O) groups is 1. The standard InChI is InChI=1S/C17H17N3O4S/c21-15-13(19-8-4-5-9-19)14(18-17-20(15)10-11-25(17)23)24-16(22)12-6-2-1-3-7-12/h1-3,6-7H,4-5,8-11H2. The number of anilines is 1. The van der Waals surface area contributed by atoms with Crippen molar-refractivity contribution in [3.05, 3.63) is 46.2 Å². The van der Waals surface area contributed by atoms with E-state index in [1.165, 1.54) is 4.57 Å². The monoisotopic (exact) mass is 359 g/mol. The Balaban J connectivity index is 1.77. The zero-order valence-corrected chi connectivity index (χ0v) is 14.3. The Labute approximate surface area is 147 Å². The van der Waals surface area contributed by atoms with Crippen molar-refractivity contribution < 1.29 is 14.1 Å². The summed E-state index contributed by atoms with van der Waals surface area (Å²) in [5.74, 6) is -0.262. The lowest BCUT2D eigenvalue weighted by Gasteiger charge is -2.19. The van der Waals surface area contributed by atoms with E-state index < -0.39 is 17.1 Å². The van der Waals surface area contributed by atoms with Crippen LogP contribution in [-0.2, 0) is 17.7 Å². The molecule has 1 atom stereocenters. The Hall–Kier alpha value is -2.32. The molecule has 4 rings (SSSR count). The Morgan fingerprint density at radius 1 is 1.16 bits per heavy atom. The number of benzene rings is 1. The lowest BCUT2D eigenvalue weighted by molar-refractivity contribution is 0.0726. The van der Waals surface area contributed by atoms with Crippen LogP contribution in [0.3, 0.4) is 0 Å². The summed E-state index contributed by atoms with van der Waals surface area (Å²) in [6.07, 6.45) is 1.94. The molecule has 0 bridgehead atoms. The third kappa shape index (κ3) is 2.91. The molecule has 130 valence electrons. The van der Waals surface area contributed by atoms with Gasteiger partial charge >= 0.3 is 11.1 Å². The Morgan fingerprint density at radius 3 is 2.60 bits per heavy atom. The maximum atomic E-state index is 12.9. The Kier molecular flexibility index (Phi) is 4.22. The fourth-order valence-electron chi connectivity index (χ4n) is 3.15. The Bertz CT molecular complexity index is 862. The molecule has 1 aromatic carbocycles. The molecule has 2 aromatic rings. The molecule has 0 saturated carbocycles. The largest absolute Gasteiger partial charge is 0.609 e. The number of esters is 1. The van der Waals surface area contributed by atoms with Gasteiger partial charge in [0, 0.05) is 24.3 Å². The summed E-state index contributed by atoms with van der Waals surface area (Å²) < 4.78 is 19.0. The van der Waals surface area contributed by atoms with Crippen molar-refractivity contribution in [1.29, 1.82) is 0 Å². The summed E-state index contributed by atoms with van der Waals surface area (Å²) in [6.45, 7) is 1.81. The lowest BCUT2D eigenvalue weighted by atomic mass is 10.2. The normalized spacial score (nSPS) is 19.1. The minimum atomic E-state index is -1.35. The van der Waals surface area contributed by atoms with E-state index in [4.69, 9.17) is 4.74 Å². The van der Waals surface area contributed by atoms with E-state index in [0.29, 0.717) is 23.5 Å². The molecule has 1 saturated heterocycles. The molecular weight excluding hydrogens is 342 g/mol. The van der Waals surface area contributed by atoms with Crippen LogP contribution in [0.15, 0.2) is 40.3 Å². The summed E-state index contributed by atoms with van der Waals surface area (Å²) in [4.78, 5) is 31.5. The number of carbonyl (C=O) groups excluding carboxylic acids is 1. The first-order valence-electron chi connectivity index (χ1n) is 8.20. The maximum Gasteiger partial charge on any atom is 0.344 e. The average Bonchev–Trinajstić information content (AvgIpc) is 3.27. The molecule has 0 aliphatic carbocycles. The van der Waals surface area contributed by atoms with Crippen LogP contribution in [0.1, 0.15) is 23.2 Å². The molecule has 25 heavy (non-hydrogen) atoms. The van der Waals surface area contributed by atoms with Crippen LogP contribution in [0.2, 0.25) is 0 Å². The molecule has 2 aliphatic heterocycles. The second kappa shape index (κ2) is 6.53. The minimum absolute atomic E-state index is 0.0396. The second-order valence-electron chi connectivity index (χ2n) is 6.00. The minimum Gasteiger partial charge on any atom is -0.609 e. The van der Waals surface area contributed by atoms with Gasteiger partial charge in [0.25, 0.3) is 11.4 Å². The van der Waals surface area contributed by atoms with Gasteiger partial charge in [-0.15, -0.1) is 4.98 Å². The zero-order chi connectivity index (χ0) is 17.4. The molecule has 0 spiro atoms. The third-order valence-electron chi connectivity index (χ3n) is 4.40. The van der Waals surface area contributed by atoms with Gasteiger partial charge < -0.3 is 14.2 Å². The summed E-state index contributed by atoms with van der Waals surface area (Å²) in [7, 11) is 0. The number of hydrogen-bond acceptors (Lipinski definition) is 6. The van der Waals surface area contributed by atoms with Crippen molar-refractivity contribution in [3.63, 3.8) is 0 Å². The number of ether oxygens (including phenoxy) is 1. The van der Waals surface area contributed by atoms with Crippen LogP contribution in [0, 0.1) is 0 Å². The van der Waals surface area contributed by atoms with Crippen molar-refractivity contribution in [2.45, 2.75) is 24.5 Å². The molecule has 1 fully saturated rings. The second-order valence-corrected chi connectivity index (χ2v) is 7.47. The Morgan fingerprint density at radius 2 is 1.88 bits per heavy atom. The first-order chi connectivity index (χ1) is 12.1. The van der Waals surface area contributed by atoms with Gasteiger partial charge in [-0.1, -0.05) is 18.2 Å². The third-order valence-corrected chi connectivity index (χ3v) is 5.68. The molecule has 0 N–H and O–H groups in total. The van der Waals surface area contributed by atoms with E-state index in [0.717, 1.165) is 25.9 Å². The molecular formula is C17H17N3O4S. The number of rotatable bonds is 3. The van der Waals surface area contributed by atoms with Gasteiger partial charge in [0.1, 0.15) is 5.75 Å². The van der Waals surface area contributed by atoms with Gasteiger partial charge in [0.2, 0.25) is 0 Å². The lowest BCUT2D eigenvalue weighted by Crippen LogP contribution is -2.32. The molecule has 8 heteroatoms. The maximum absolute atomic E-state index is 12.9. The van der Waals surface area contributed by atoms with E-state index in [2.05, 4.69) is 4.98 Å². The van der Waals surface area contributed by atoms with Crippen molar-refractivity contribution in [1.82, 2.24) is 9.55 Å². The number of fused-ring (bicyclic) bond motifs is 1. The number of hydrogen-bond donors (Lipinski definition) is 0. The molecule has 1 unspecified atom stereocenters. The highest BCUT2D eigenvalue weighted by atomic mass is 32.2. The summed E-state index contributed by atoms with van der Waals surface area (Å²) >= 11 is -1.35. The molecule has 7 nitrogen and oxygen atoms in total. The number of nitrogens with zero attached hydrogens (tertiary/aromatic N) is 3. The highest BCUT2D eigenvalue weighted by Crippen LogP contribution is 2.29. The van der Waals surface area contributed by atoms with Gasteiger partial charge in [0.15, 0.2) is 5.69 Å². The van der Waals surface area contributed by atoms with Crippen LogP contribution >= 0.6 is 0 Å². The van der Waals surface area contributed by atoms with Crippen LogP contribution in [-0.4, -0.2) is 38.9 Å². The van der Waals surface area contributed by atoms with Crippen LogP contribution < -0.4 is 15.2 Å². The smallest absolute Gasteiger partial charge is 0.344 e. The van der Waals surface area contributed by atoms with Crippen LogP contribution in [0.25, 0.3) is 0 Å². The van der Waals surface area contributed by atoms with Crippen LogP contribution in [0.4, 0.5) is 5.69 Å². The van der Waals surface area contributed by atoms with E-state index in [9.17, 15) is 14.1 Å². The van der Waals surface area contributed by atoms with E-state index in [1.54, 1.807) is 30.3 Å². The SMILES string of the molecule is O=C(Oc1nc2n(c(=O)c1N1CCCC1)CC[S+]2[O-])c1ccccc1. The van der Waals surface area contributed by atoms with Crippen molar-refractivity contribution in [2.24, 2.45) is 0 Å². The van der Waals surface area contributed by atoms with Gasteiger partial charge in [-0.2, -0.15) is 0 Å². The summed E-state index contributed by atoms with van der Waals surface area (Å²) in [5, 5.41) is 0.184. The summed E-state index contributed by atoms with van der Waals surface area (Å²) in [5.41, 5.74) is 0.386. The molecule has 0 radical (unpaired) electrons. The van der Waals surface area contributed by atoms with E-state index >= 15 is 0 Å². The van der Waals surface area contributed by atoms with Gasteiger partial charge in [0.05, 0.1) is 12.1 Å².